The molecule has 6 heteroatoms. The standard InChI is InChI=1S/C19H18ClN3OS/c1-4-9-23-12(2)10-16(13(23)3)17-11-25-19(21-17)22-18(24)14-5-7-15(20)8-6-14/h4-8,10-11H,1,9H2,2-3H3,(H,21,22,24). The van der Waals surface area contributed by atoms with Crippen LogP contribution in [0.1, 0.15) is 21.7 Å². The molecule has 0 aliphatic carbocycles. The van der Waals surface area contributed by atoms with E-state index < -0.39 is 0 Å². The zero-order valence-corrected chi connectivity index (χ0v) is 15.6. The minimum Gasteiger partial charge on any atom is -0.345 e. The zero-order chi connectivity index (χ0) is 18.0. The van der Waals surface area contributed by atoms with E-state index in [2.05, 4.69) is 41.4 Å². The van der Waals surface area contributed by atoms with E-state index in [1.54, 1.807) is 24.3 Å². The van der Waals surface area contributed by atoms with E-state index in [9.17, 15) is 4.79 Å². The average molecular weight is 372 g/mol. The first-order valence-corrected chi connectivity index (χ1v) is 9.06. The number of carbonyl (C=O) groups is 1. The van der Waals surface area contributed by atoms with Crippen LogP contribution in [-0.2, 0) is 6.54 Å². The molecule has 2 heterocycles. The highest BCUT2D eigenvalue weighted by Crippen LogP contribution is 2.30. The molecule has 0 aliphatic heterocycles. The van der Waals surface area contributed by atoms with Gasteiger partial charge in [-0.05, 0) is 44.2 Å². The first-order valence-electron chi connectivity index (χ1n) is 7.80. The van der Waals surface area contributed by atoms with Gasteiger partial charge in [-0.3, -0.25) is 10.1 Å². The molecule has 128 valence electrons. The van der Waals surface area contributed by atoms with E-state index in [0.717, 1.165) is 29.2 Å². The first-order chi connectivity index (χ1) is 12.0. The number of rotatable bonds is 5. The largest absolute Gasteiger partial charge is 0.345 e. The molecule has 1 N–H and O–H groups in total. The minimum atomic E-state index is -0.199. The summed E-state index contributed by atoms with van der Waals surface area (Å²) in [5.74, 6) is -0.199. The fourth-order valence-corrected chi connectivity index (χ4v) is 3.53. The minimum absolute atomic E-state index is 0.199. The smallest absolute Gasteiger partial charge is 0.257 e. The number of nitrogens with zero attached hydrogens (tertiary/aromatic N) is 2. The highest BCUT2D eigenvalue weighted by molar-refractivity contribution is 7.14. The lowest BCUT2D eigenvalue weighted by Gasteiger charge is -2.05. The van der Waals surface area contributed by atoms with Gasteiger partial charge in [0.1, 0.15) is 0 Å². The average Bonchev–Trinajstić information content (AvgIpc) is 3.15. The third-order valence-electron chi connectivity index (χ3n) is 3.99. The van der Waals surface area contributed by atoms with Crippen LogP contribution >= 0.6 is 22.9 Å². The van der Waals surface area contributed by atoms with Crippen LogP contribution < -0.4 is 5.32 Å². The maximum Gasteiger partial charge on any atom is 0.257 e. The quantitative estimate of drug-likeness (QED) is 0.617. The van der Waals surface area contributed by atoms with Gasteiger partial charge >= 0.3 is 0 Å². The summed E-state index contributed by atoms with van der Waals surface area (Å²) in [4.78, 5) is 16.8. The number of benzene rings is 1. The first kappa shape index (κ1) is 17.5. The summed E-state index contributed by atoms with van der Waals surface area (Å²) >= 11 is 7.26. The van der Waals surface area contributed by atoms with Crippen LogP contribution in [0.5, 0.6) is 0 Å². The van der Waals surface area contributed by atoms with E-state index in [4.69, 9.17) is 11.6 Å². The summed E-state index contributed by atoms with van der Waals surface area (Å²) in [6, 6.07) is 8.87. The summed E-state index contributed by atoms with van der Waals surface area (Å²) in [5, 5.41) is 5.96. The maximum absolute atomic E-state index is 12.3. The molecule has 0 aliphatic rings. The molecule has 0 saturated heterocycles. The number of amides is 1. The molecule has 0 radical (unpaired) electrons. The van der Waals surface area contributed by atoms with Gasteiger partial charge in [0.2, 0.25) is 0 Å². The molecular formula is C19H18ClN3OS. The lowest BCUT2D eigenvalue weighted by molar-refractivity contribution is 0.102. The fraction of sp³-hybridized carbons (Fsp3) is 0.158. The number of carbonyl (C=O) groups excluding carboxylic acids is 1. The van der Waals surface area contributed by atoms with Crippen molar-refractivity contribution >= 4 is 34.0 Å². The Labute approximate surface area is 155 Å². The van der Waals surface area contributed by atoms with Crippen LogP contribution in [0.3, 0.4) is 0 Å². The number of halogens is 1. The van der Waals surface area contributed by atoms with Crippen molar-refractivity contribution in [1.29, 1.82) is 0 Å². The Morgan fingerprint density at radius 3 is 2.76 bits per heavy atom. The molecule has 3 rings (SSSR count). The lowest BCUT2D eigenvalue weighted by Crippen LogP contribution is -2.11. The van der Waals surface area contributed by atoms with Crippen molar-refractivity contribution in [2.45, 2.75) is 20.4 Å². The van der Waals surface area contributed by atoms with Gasteiger partial charge in [0, 0.05) is 39.5 Å². The van der Waals surface area contributed by atoms with E-state index in [1.165, 1.54) is 11.3 Å². The van der Waals surface area contributed by atoms with Gasteiger partial charge in [-0.1, -0.05) is 17.7 Å². The molecule has 25 heavy (non-hydrogen) atoms. The summed E-state index contributed by atoms with van der Waals surface area (Å²) < 4.78 is 2.19. The monoisotopic (exact) mass is 371 g/mol. The molecule has 0 saturated carbocycles. The van der Waals surface area contributed by atoms with Crippen molar-refractivity contribution in [3.63, 3.8) is 0 Å². The van der Waals surface area contributed by atoms with Crippen molar-refractivity contribution in [2.75, 3.05) is 5.32 Å². The number of aryl methyl sites for hydroxylation is 1. The number of hydrogen-bond donors (Lipinski definition) is 1. The molecule has 1 aromatic carbocycles. The second-order valence-electron chi connectivity index (χ2n) is 5.68. The third kappa shape index (κ3) is 3.67. The Morgan fingerprint density at radius 2 is 2.08 bits per heavy atom. The van der Waals surface area contributed by atoms with Gasteiger partial charge in [-0.2, -0.15) is 0 Å². The molecule has 2 aromatic heterocycles. The number of hydrogen-bond acceptors (Lipinski definition) is 3. The summed E-state index contributed by atoms with van der Waals surface area (Å²) in [6.45, 7) is 8.70. The Morgan fingerprint density at radius 1 is 1.36 bits per heavy atom. The predicted octanol–water partition coefficient (Wildman–Crippen LogP) is 5.32. The van der Waals surface area contributed by atoms with E-state index in [1.807, 2.05) is 11.5 Å². The summed E-state index contributed by atoms with van der Waals surface area (Å²) in [5.41, 5.74) is 4.78. The van der Waals surface area contributed by atoms with E-state index in [0.29, 0.717) is 15.7 Å². The molecule has 4 nitrogen and oxygen atoms in total. The van der Waals surface area contributed by atoms with Crippen LogP contribution in [-0.4, -0.2) is 15.5 Å². The maximum atomic E-state index is 12.3. The number of allylic oxidation sites excluding steroid dienone is 1. The van der Waals surface area contributed by atoms with Gasteiger partial charge < -0.3 is 4.57 Å². The normalized spacial score (nSPS) is 10.7. The molecule has 1 amide bonds. The number of nitrogens with one attached hydrogen (secondary N) is 1. The molecule has 0 spiro atoms. The van der Waals surface area contributed by atoms with Gasteiger partial charge in [0.25, 0.3) is 5.91 Å². The second kappa shape index (κ2) is 7.25. The van der Waals surface area contributed by atoms with Crippen molar-refractivity contribution in [1.82, 2.24) is 9.55 Å². The Kier molecular flexibility index (Phi) is 5.06. The van der Waals surface area contributed by atoms with Crippen LogP contribution in [0, 0.1) is 13.8 Å². The van der Waals surface area contributed by atoms with Crippen molar-refractivity contribution in [3.8, 4) is 11.3 Å². The van der Waals surface area contributed by atoms with Gasteiger partial charge in [-0.15, -0.1) is 17.9 Å². The number of aromatic nitrogens is 2. The van der Waals surface area contributed by atoms with Crippen molar-refractivity contribution < 1.29 is 4.79 Å². The Balaban J connectivity index is 1.81. The Hall–Kier alpha value is -2.37. The zero-order valence-electron chi connectivity index (χ0n) is 14.0. The highest BCUT2D eigenvalue weighted by atomic mass is 35.5. The number of anilines is 1. The van der Waals surface area contributed by atoms with Gasteiger partial charge in [0.05, 0.1) is 5.69 Å². The number of thiazole rings is 1. The van der Waals surface area contributed by atoms with Crippen molar-refractivity contribution in [3.05, 3.63) is 70.3 Å². The molecule has 0 bridgehead atoms. The molecule has 0 unspecified atom stereocenters. The lowest BCUT2D eigenvalue weighted by atomic mass is 10.2. The van der Waals surface area contributed by atoms with Crippen LogP contribution in [0.25, 0.3) is 11.3 Å². The van der Waals surface area contributed by atoms with Crippen LogP contribution in [0.15, 0.2) is 48.4 Å². The highest BCUT2D eigenvalue weighted by Gasteiger charge is 2.14. The second-order valence-corrected chi connectivity index (χ2v) is 6.98. The molecule has 0 atom stereocenters. The fourth-order valence-electron chi connectivity index (χ4n) is 2.70. The summed E-state index contributed by atoms with van der Waals surface area (Å²) in [7, 11) is 0. The predicted molar refractivity (Wildman–Crippen MR) is 105 cm³/mol. The van der Waals surface area contributed by atoms with Crippen LogP contribution in [0.4, 0.5) is 5.13 Å². The van der Waals surface area contributed by atoms with Gasteiger partial charge in [0.15, 0.2) is 5.13 Å². The van der Waals surface area contributed by atoms with E-state index >= 15 is 0 Å². The SMILES string of the molecule is C=CCn1c(C)cc(-c2csc(NC(=O)c3ccc(Cl)cc3)n2)c1C. The van der Waals surface area contributed by atoms with Gasteiger partial charge in [-0.25, -0.2) is 4.98 Å². The third-order valence-corrected chi connectivity index (χ3v) is 5.00. The molecule has 3 aromatic rings. The summed E-state index contributed by atoms with van der Waals surface area (Å²) in [6.07, 6.45) is 1.88. The molecular weight excluding hydrogens is 354 g/mol. The van der Waals surface area contributed by atoms with Crippen LogP contribution in [0.2, 0.25) is 5.02 Å². The van der Waals surface area contributed by atoms with Crippen molar-refractivity contribution in [2.24, 2.45) is 0 Å². The van der Waals surface area contributed by atoms with E-state index in [-0.39, 0.29) is 5.91 Å². The Bertz CT molecular complexity index is 925. The molecule has 0 fully saturated rings. The topological polar surface area (TPSA) is 46.9 Å².